The van der Waals surface area contributed by atoms with Gasteiger partial charge in [-0.3, -0.25) is 5.32 Å². The monoisotopic (exact) mass is 285 g/mol. The standard InChI is InChI=1S/C11H15N3O4S/c1-11(18,8(15)16)5-12-9(17)14-10-13-6-3-2-4-7(6)19-10/h18H,2-5H2,1H3,(H,15,16)(H2,12,13,14,17). The highest BCUT2D eigenvalue weighted by Crippen LogP contribution is 2.30. The number of aliphatic carboxylic acids is 1. The Bertz CT molecular complexity index is 491. The van der Waals surface area contributed by atoms with Crippen LogP contribution in [-0.2, 0) is 17.6 Å². The van der Waals surface area contributed by atoms with Crippen molar-refractivity contribution in [3.63, 3.8) is 0 Å². The summed E-state index contributed by atoms with van der Waals surface area (Å²) in [6.07, 6.45) is 3.02. The number of nitrogens with one attached hydrogen (secondary N) is 2. The van der Waals surface area contributed by atoms with Gasteiger partial charge >= 0.3 is 12.0 Å². The van der Waals surface area contributed by atoms with Gasteiger partial charge in [-0.05, 0) is 26.2 Å². The number of anilines is 1. The molecule has 1 aromatic heterocycles. The number of rotatable bonds is 4. The van der Waals surface area contributed by atoms with Gasteiger partial charge in [0.2, 0.25) is 0 Å². The van der Waals surface area contributed by atoms with E-state index in [4.69, 9.17) is 5.11 Å². The number of carbonyl (C=O) groups excluding carboxylic acids is 1. The molecule has 0 bridgehead atoms. The number of fused-ring (bicyclic) bond motifs is 1. The van der Waals surface area contributed by atoms with Crippen LogP contribution in [-0.4, -0.2) is 39.3 Å². The van der Waals surface area contributed by atoms with Gasteiger partial charge in [0.15, 0.2) is 10.7 Å². The van der Waals surface area contributed by atoms with Crippen LogP contribution in [0.5, 0.6) is 0 Å². The molecular formula is C11H15N3O4S. The minimum Gasteiger partial charge on any atom is -0.479 e. The number of carbonyl (C=O) groups is 2. The number of nitrogens with zero attached hydrogens (tertiary/aromatic N) is 1. The second-order valence-corrected chi connectivity index (χ2v) is 5.71. The lowest BCUT2D eigenvalue weighted by atomic mass is 10.1. The summed E-state index contributed by atoms with van der Waals surface area (Å²) in [4.78, 5) is 27.7. The molecule has 0 aromatic carbocycles. The number of hydrogen-bond donors (Lipinski definition) is 4. The molecule has 2 amide bonds. The lowest BCUT2D eigenvalue weighted by Crippen LogP contribution is -2.47. The summed E-state index contributed by atoms with van der Waals surface area (Å²) in [6.45, 7) is 0.743. The third kappa shape index (κ3) is 3.21. The van der Waals surface area contributed by atoms with Crippen molar-refractivity contribution in [2.45, 2.75) is 31.8 Å². The molecule has 1 atom stereocenters. The summed E-state index contributed by atoms with van der Waals surface area (Å²) in [5.74, 6) is -1.39. The summed E-state index contributed by atoms with van der Waals surface area (Å²) < 4.78 is 0. The van der Waals surface area contributed by atoms with E-state index in [1.54, 1.807) is 0 Å². The Balaban J connectivity index is 1.86. The Morgan fingerprint density at radius 2 is 2.21 bits per heavy atom. The average Bonchev–Trinajstić information content (AvgIpc) is 2.86. The van der Waals surface area contributed by atoms with Crippen LogP contribution in [0.4, 0.5) is 9.93 Å². The molecule has 0 radical (unpaired) electrons. The van der Waals surface area contributed by atoms with E-state index in [1.165, 1.54) is 16.2 Å². The number of urea groups is 1. The van der Waals surface area contributed by atoms with E-state index in [0.717, 1.165) is 31.9 Å². The number of aliphatic hydroxyl groups is 1. The van der Waals surface area contributed by atoms with Crippen LogP contribution in [0.3, 0.4) is 0 Å². The first-order valence-electron chi connectivity index (χ1n) is 5.88. The van der Waals surface area contributed by atoms with Gasteiger partial charge in [0.1, 0.15) is 0 Å². The molecule has 1 aromatic rings. The molecule has 104 valence electrons. The fourth-order valence-corrected chi connectivity index (χ4v) is 2.76. The van der Waals surface area contributed by atoms with Crippen molar-refractivity contribution >= 4 is 28.5 Å². The minimum atomic E-state index is -1.98. The zero-order valence-electron chi connectivity index (χ0n) is 10.4. The maximum atomic E-state index is 11.5. The van der Waals surface area contributed by atoms with Gasteiger partial charge in [0.05, 0.1) is 12.2 Å². The van der Waals surface area contributed by atoms with Crippen molar-refractivity contribution < 1.29 is 19.8 Å². The molecule has 8 heteroatoms. The van der Waals surface area contributed by atoms with Gasteiger partial charge in [-0.15, -0.1) is 11.3 Å². The van der Waals surface area contributed by atoms with Crippen molar-refractivity contribution in [1.82, 2.24) is 10.3 Å². The number of carboxylic acid groups (broad SMARTS) is 1. The van der Waals surface area contributed by atoms with Crippen molar-refractivity contribution in [3.8, 4) is 0 Å². The minimum absolute atomic E-state index is 0.376. The molecule has 1 heterocycles. The molecule has 1 aliphatic rings. The van der Waals surface area contributed by atoms with E-state index in [0.29, 0.717) is 5.13 Å². The van der Waals surface area contributed by atoms with Crippen molar-refractivity contribution in [2.75, 3.05) is 11.9 Å². The molecule has 0 aliphatic heterocycles. The van der Waals surface area contributed by atoms with Crippen LogP contribution in [0.1, 0.15) is 23.9 Å². The van der Waals surface area contributed by atoms with Gasteiger partial charge in [0, 0.05) is 4.88 Å². The zero-order chi connectivity index (χ0) is 14.0. The van der Waals surface area contributed by atoms with Gasteiger partial charge in [-0.2, -0.15) is 0 Å². The molecule has 0 spiro atoms. The summed E-state index contributed by atoms with van der Waals surface area (Å²) in [5, 5.41) is 23.5. The average molecular weight is 285 g/mol. The lowest BCUT2D eigenvalue weighted by Gasteiger charge is -2.18. The third-order valence-corrected chi connectivity index (χ3v) is 3.94. The Hall–Kier alpha value is -1.67. The number of carboxylic acids is 1. The smallest absolute Gasteiger partial charge is 0.337 e. The Morgan fingerprint density at radius 1 is 1.47 bits per heavy atom. The lowest BCUT2D eigenvalue weighted by molar-refractivity contribution is -0.155. The SMILES string of the molecule is CC(O)(CNC(=O)Nc1nc2c(s1)CCC2)C(=O)O. The fraction of sp³-hybridized carbons (Fsp3) is 0.545. The van der Waals surface area contributed by atoms with Crippen LogP contribution < -0.4 is 10.6 Å². The summed E-state index contributed by atoms with van der Waals surface area (Å²) in [7, 11) is 0. The predicted octanol–water partition coefficient (Wildman–Crippen LogP) is 0.589. The first-order valence-corrected chi connectivity index (χ1v) is 6.69. The quantitative estimate of drug-likeness (QED) is 0.647. The topological polar surface area (TPSA) is 112 Å². The number of amides is 2. The molecule has 4 N–H and O–H groups in total. The predicted molar refractivity (Wildman–Crippen MR) is 69.4 cm³/mol. The summed E-state index contributed by atoms with van der Waals surface area (Å²) in [5.41, 5.74) is -0.958. The third-order valence-electron chi connectivity index (χ3n) is 2.87. The molecular weight excluding hydrogens is 270 g/mol. The summed E-state index contributed by atoms with van der Waals surface area (Å²) >= 11 is 1.43. The van der Waals surface area contributed by atoms with Gasteiger partial charge in [-0.1, -0.05) is 0 Å². The van der Waals surface area contributed by atoms with E-state index in [2.05, 4.69) is 15.6 Å². The highest BCUT2D eigenvalue weighted by molar-refractivity contribution is 7.15. The highest BCUT2D eigenvalue weighted by Gasteiger charge is 2.30. The molecule has 2 rings (SSSR count). The van der Waals surface area contributed by atoms with Crippen molar-refractivity contribution in [1.29, 1.82) is 0 Å². The van der Waals surface area contributed by atoms with Gasteiger partial charge < -0.3 is 15.5 Å². The zero-order valence-corrected chi connectivity index (χ0v) is 11.2. The maximum Gasteiger partial charge on any atom is 0.337 e. The number of aromatic nitrogens is 1. The van der Waals surface area contributed by atoms with Crippen LogP contribution in [0, 0.1) is 0 Å². The first-order chi connectivity index (χ1) is 8.88. The molecule has 7 nitrogen and oxygen atoms in total. The van der Waals surface area contributed by atoms with E-state index in [1.807, 2.05) is 0 Å². The maximum absolute atomic E-state index is 11.5. The molecule has 0 saturated carbocycles. The van der Waals surface area contributed by atoms with Gasteiger partial charge in [0.25, 0.3) is 0 Å². The van der Waals surface area contributed by atoms with Gasteiger partial charge in [-0.25, -0.2) is 14.6 Å². The molecule has 1 unspecified atom stereocenters. The van der Waals surface area contributed by atoms with Crippen LogP contribution in [0.15, 0.2) is 0 Å². The molecule has 19 heavy (non-hydrogen) atoms. The fourth-order valence-electron chi connectivity index (χ4n) is 1.71. The van der Waals surface area contributed by atoms with E-state index >= 15 is 0 Å². The largest absolute Gasteiger partial charge is 0.479 e. The highest BCUT2D eigenvalue weighted by atomic mass is 32.1. The van der Waals surface area contributed by atoms with E-state index in [9.17, 15) is 14.7 Å². The molecule has 1 aliphatic carbocycles. The molecule has 0 saturated heterocycles. The normalized spacial score (nSPS) is 16.5. The Kier molecular flexibility index (Phi) is 3.72. The second kappa shape index (κ2) is 5.14. The van der Waals surface area contributed by atoms with E-state index < -0.39 is 17.6 Å². The summed E-state index contributed by atoms with van der Waals surface area (Å²) in [6, 6.07) is -0.575. The molecule has 0 fully saturated rings. The number of thiazole rings is 1. The van der Waals surface area contributed by atoms with Crippen LogP contribution >= 0.6 is 11.3 Å². The number of hydrogen-bond acceptors (Lipinski definition) is 5. The number of aryl methyl sites for hydroxylation is 2. The van der Waals surface area contributed by atoms with E-state index in [-0.39, 0.29) is 6.54 Å². The van der Waals surface area contributed by atoms with Crippen molar-refractivity contribution in [2.24, 2.45) is 0 Å². The van der Waals surface area contributed by atoms with Crippen LogP contribution in [0.25, 0.3) is 0 Å². The Labute approximate surface area is 113 Å². The first kappa shape index (κ1) is 13.8. The van der Waals surface area contributed by atoms with Crippen molar-refractivity contribution in [3.05, 3.63) is 10.6 Å². The second-order valence-electron chi connectivity index (χ2n) is 4.63. The Morgan fingerprint density at radius 3 is 2.84 bits per heavy atom. The van der Waals surface area contributed by atoms with Crippen LogP contribution in [0.2, 0.25) is 0 Å².